The smallest absolute Gasteiger partial charge is 0.373 e. The Bertz CT molecular complexity index is 340. The summed E-state index contributed by atoms with van der Waals surface area (Å²) in [5.74, 6) is 0. The van der Waals surface area contributed by atoms with Gasteiger partial charge in [0.2, 0.25) is 0 Å². The minimum absolute atomic E-state index is 0.887. The molecule has 0 saturated heterocycles. The Kier molecular flexibility index (Phi) is 6.30. The van der Waals surface area contributed by atoms with E-state index in [2.05, 4.69) is 0 Å². The Hall–Kier alpha value is -0.106. The summed E-state index contributed by atoms with van der Waals surface area (Å²) >= 11 is 1.47. The van der Waals surface area contributed by atoms with E-state index < -0.39 is 17.6 Å². The van der Waals surface area contributed by atoms with E-state index in [-0.39, 0.29) is 0 Å². The molecule has 0 saturated carbocycles. The van der Waals surface area contributed by atoms with Gasteiger partial charge in [0.1, 0.15) is 0 Å². The number of hydrogen-bond donors (Lipinski definition) is 0. The predicted octanol–water partition coefficient (Wildman–Crippen LogP) is -0.0817. The molecule has 0 amide bonds. The van der Waals surface area contributed by atoms with Crippen LogP contribution in [0, 0.1) is 0 Å². The second kappa shape index (κ2) is 7.06. The molecule has 1 aromatic rings. The lowest BCUT2D eigenvalue weighted by Gasteiger charge is -2.24. The maximum Gasteiger partial charge on any atom is 0.546 e. The molecule has 0 aromatic carbocycles. The van der Waals surface area contributed by atoms with Gasteiger partial charge in [0.05, 0.1) is 9.00 Å². The topological polar surface area (TPSA) is 55.4 Å². The average molecular weight is 325 g/mol. The highest BCUT2D eigenvalue weighted by Gasteiger charge is 2.47. The van der Waals surface area contributed by atoms with Gasteiger partial charge in [-0.05, 0) is 12.1 Å². The molecule has 0 N–H and O–H groups in total. The van der Waals surface area contributed by atoms with Crippen molar-refractivity contribution in [1.82, 2.24) is 0 Å². The summed E-state index contributed by atoms with van der Waals surface area (Å²) in [6, 6.07) is 3.81. The van der Waals surface area contributed by atoms with Gasteiger partial charge in [-0.2, -0.15) is 0 Å². The highest BCUT2D eigenvalue weighted by molar-refractivity contribution is 7.32. The first-order chi connectivity index (χ1) is 9.07. The quantitative estimate of drug-likeness (QED) is 0.624. The van der Waals surface area contributed by atoms with Crippen LogP contribution >= 0.6 is 11.3 Å². The van der Waals surface area contributed by atoms with E-state index in [0.717, 1.165) is 9.00 Å². The van der Waals surface area contributed by atoms with Crippen molar-refractivity contribution in [1.29, 1.82) is 0 Å². The average Bonchev–Trinajstić information content (AvgIpc) is 2.95. The summed E-state index contributed by atoms with van der Waals surface area (Å²) in [4.78, 5) is 0. The molecule has 110 valence electrons. The predicted molar refractivity (Wildman–Crippen MR) is 77.1 cm³/mol. The van der Waals surface area contributed by atoms with E-state index >= 15 is 0 Å². The molecule has 0 atom stereocenters. The van der Waals surface area contributed by atoms with E-state index in [0.29, 0.717) is 0 Å². The van der Waals surface area contributed by atoms with Gasteiger partial charge >= 0.3 is 17.6 Å². The van der Waals surface area contributed by atoms with Gasteiger partial charge in [-0.25, -0.2) is 0 Å². The van der Waals surface area contributed by atoms with Crippen molar-refractivity contribution < 1.29 is 26.6 Å². The maximum atomic E-state index is 5.45. The first kappa shape index (κ1) is 16.9. The summed E-state index contributed by atoms with van der Waals surface area (Å²) in [5.41, 5.74) is 0. The summed E-state index contributed by atoms with van der Waals surface area (Å²) in [7, 11) is 3.82. The molecule has 9 heteroatoms. The summed E-state index contributed by atoms with van der Waals surface area (Å²) in [6.45, 7) is 0. The lowest BCUT2D eigenvalue weighted by Crippen LogP contribution is -2.55. The number of thiophene rings is 1. The Morgan fingerprint density at radius 3 is 1.11 bits per heavy atom. The lowest BCUT2D eigenvalue weighted by molar-refractivity contribution is 0.141. The number of rotatable bonds is 8. The van der Waals surface area contributed by atoms with Crippen LogP contribution in [-0.4, -0.2) is 60.3 Å². The fourth-order valence-corrected chi connectivity index (χ4v) is 8.53. The van der Waals surface area contributed by atoms with E-state index in [4.69, 9.17) is 26.6 Å². The molecular weight excluding hydrogens is 304 g/mol. The third-order valence-electron chi connectivity index (χ3n) is 2.82. The Morgan fingerprint density at radius 1 is 0.632 bits per heavy atom. The van der Waals surface area contributed by atoms with Crippen molar-refractivity contribution in [3.63, 3.8) is 0 Å². The fraction of sp³-hybridized carbons (Fsp3) is 0.600. The van der Waals surface area contributed by atoms with Crippen molar-refractivity contribution in [2.75, 3.05) is 42.7 Å². The normalized spacial score (nSPS) is 12.9. The Morgan fingerprint density at radius 2 is 0.895 bits per heavy atom. The molecular formula is C10H20O6SSi2. The van der Waals surface area contributed by atoms with Crippen LogP contribution in [0.2, 0.25) is 0 Å². The van der Waals surface area contributed by atoms with Crippen molar-refractivity contribution in [3.05, 3.63) is 12.1 Å². The molecule has 6 nitrogen and oxygen atoms in total. The van der Waals surface area contributed by atoms with E-state index in [1.54, 1.807) is 42.7 Å². The minimum atomic E-state index is -2.82. The highest BCUT2D eigenvalue weighted by Crippen LogP contribution is 2.14. The fourth-order valence-electron chi connectivity index (χ4n) is 1.77. The summed E-state index contributed by atoms with van der Waals surface area (Å²) in [5, 5.41) is 0. The van der Waals surface area contributed by atoms with Gasteiger partial charge in [-0.15, -0.1) is 11.3 Å². The molecule has 0 spiro atoms. The van der Waals surface area contributed by atoms with Crippen LogP contribution in [-0.2, 0) is 26.6 Å². The van der Waals surface area contributed by atoms with Crippen molar-refractivity contribution in [2.45, 2.75) is 0 Å². The summed E-state index contributed by atoms with van der Waals surface area (Å²) in [6.07, 6.45) is 0. The molecule has 0 aliphatic heterocycles. The molecule has 1 aromatic heterocycles. The largest absolute Gasteiger partial charge is 0.546 e. The van der Waals surface area contributed by atoms with Crippen LogP contribution in [0.5, 0.6) is 0 Å². The molecule has 0 radical (unpaired) electrons. The highest BCUT2D eigenvalue weighted by atomic mass is 32.1. The molecule has 1 rings (SSSR count). The van der Waals surface area contributed by atoms with E-state index in [9.17, 15) is 0 Å². The zero-order valence-electron chi connectivity index (χ0n) is 12.0. The van der Waals surface area contributed by atoms with Crippen molar-refractivity contribution in [2.24, 2.45) is 0 Å². The second-order valence-electron chi connectivity index (χ2n) is 3.50. The van der Waals surface area contributed by atoms with Gasteiger partial charge in [0, 0.05) is 42.7 Å². The van der Waals surface area contributed by atoms with Crippen molar-refractivity contribution >= 4 is 37.9 Å². The Labute approximate surface area is 119 Å². The molecule has 0 unspecified atom stereocenters. The molecule has 19 heavy (non-hydrogen) atoms. The first-order valence-corrected chi connectivity index (χ1v) is 9.76. The SMILES string of the molecule is CO[Si](OC)(OC)c1ccc([Si](OC)(OC)OC)s1. The zero-order valence-corrected chi connectivity index (χ0v) is 14.8. The Balaban J connectivity index is 3.18. The minimum Gasteiger partial charge on any atom is -0.373 e. The monoisotopic (exact) mass is 324 g/mol. The van der Waals surface area contributed by atoms with Gasteiger partial charge in [-0.3, -0.25) is 0 Å². The van der Waals surface area contributed by atoms with Crippen LogP contribution in [0.1, 0.15) is 0 Å². The van der Waals surface area contributed by atoms with Gasteiger partial charge in [-0.1, -0.05) is 0 Å². The van der Waals surface area contributed by atoms with Crippen LogP contribution in [0.3, 0.4) is 0 Å². The zero-order chi connectivity index (χ0) is 14.5. The van der Waals surface area contributed by atoms with Gasteiger partial charge in [0.25, 0.3) is 0 Å². The van der Waals surface area contributed by atoms with E-state index in [1.807, 2.05) is 12.1 Å². The van der Waals surface area contributed by atoms with E-state index in [1.165, 1.54) is 11.3 Å². The second-order valence-corrected chi connectivity index (χ2v) is 11.1. The van der Waals surface area contributed by atoms with Crippen LogP contribution in [0.4, 0.5) is 0 Å². The maximum absolute atomic E-state index is 5.45. The van der Waals surface area contributed by atoms with Gasteiger partial charge < -0.3 is 26.6 Å². The third-order valence-corrected chi connectivity index (χ3v) is 10.4. The molecule has 0 aliphatic carbocycles. The molecule has 0 fully saturated rings. The lowest BCUT2D eigenvalue weighted by atomic mass is 10.7. The number of hydrogen-bond acceptors (Lipinski definition) is 7. The van der Waals surface area contributed by atoms with Gasteiger partial charge in [0.15, 0.2) is 0 Å². The van der Waals surface area contributed by atoms with Crippen LogP contribution in [0.25, 0.3) is 0 Å². The molecule has 0 bridgehead atoms. The molecule has 0 aliphatic rings. The standard InChI is InChI=1S/C10H20O6SSi2/c1-11-18(12-2,13-3)9-7-8-10(17-9)19(14-4,15-5)16-6/h7-8H,1-6H3. The van der Waals surface area contributed by atoms with Crippen LogP contribution < -0.4 is 9.00 Å². The molecule has 1 heterocycles. The first-order valence-electron chi connectivity index (χ1n) is 5.49. The van der Waals surface area contributed by atoms with Crippen LogP contribution in [0.15, 0.2) is 12.1 Å². The van der Waals surface area contributed by atoms with Crippen molar-refractivity contribution in [3.8, 4) is 0 Å². The summed E-state index contributed by atoms with van der Waals surface area (Å²) < 4.78 is 34.5. The third kappa shape index (κ3) is 2.99.